The van der Waals surface area contributed by atoms with Crippen molar-refractivity contribution in [1.82, 2.24) is 4.72 Å². The summed E-state index contributed by atoms with van der Waals surface area (Å²) in [5.74, 6) is -0.615. The Bertz CT molecular complexity index is 835. The highest BCUT2D eigenvalue weighted by molar-refractivity contribution is 7.89. The van der Waals surface area contributed by atoms with Gasteiger partial charge in [-0.3, -0.25) is 0 Å². The van der Waals surface area contributed by atoms with Crippen molar-refractivity contribution in [2.75, 3.05) is 13.2 Å². The Morgan fingerprint density at radius 2 is 1.77 bits per heavy atom. The molecule has 0 aromatic heterocycles. The van der Waals surface area contributed by atoms with Crippen molar-refractivity contribution in [3.05, 3.63) is 59.1 Å². The number of hydrogen-bond donors (Lipinski definition) is 2. The highest BCUT2D eigenvalue weighted by Crippen LogP contribution is 2.23. The number of hydrogen-bond acceptors (Lipinski definition) is 4. The molecule has 0 aliphatic heterocycles. The normalized spacial score (nSPS) is 12.5. The molecule has 26 heavy (non-hydrogen) atoms. The molecule has 0 saturated heterocycles. The molecule has 6 nitrogen and oxygen atoms in total. The molecule has 1 unspecified atom stereocenters. The lowest BCUT2D eigenvalue weighted by Gasteiger charge is -2.17. The summed E-state index contributed by atoms with van der Waals surface area (Å²) in [5, 5.41) is 9.09. The molecule has 0 spiro atoms. The smallest absolute Gasteiger partial charge is 0.341 e. The van der Waals surface area contributed by atoms with Crippen molar-refractivity contribution in [3.63, 3.8) is 0 Å². The second-order valence-corrected chi connectivity index (χ2v) is 7.87. The Labute approximate surface area is 157 Å². The van der Waals surface area contributed by atoms with E-state index in [4.69, 9.17) is 21.4 Å². The summed E-state index contributed by atoms with van der Waals surface area (Å²) in [6.45, 7) is 1.81. The standard InChI is InChI=1S/C18H20ClNO5S/c1-2-13(14-3-7-16(8-4-14)25-12-18(21)22)11-20-26(23,24)17-9-5-15(19)6-10-17/h3-10,13,20H,2,11-12H2,1H3,(H,21,22). The Kier molecular flexibility index (Phi) is 7.02. The molecule has 0 amide bonds. The largest absolute Gasteiger partial charge is 0.482 e. The van der Waals surface area contributed by atoms with Crippen LogP contribution in [0.4, 0.5) is 0 Å². The van der Waals surface area contributed by atoms with Crippen molar-refractivity contribution in [1.29, 1.82) is 0 Å². The van der Waals surface area contributed by atoms with Crippen molar-refractivity contribution >= 4 is 27.6 Å². The van der Waals surface area contributed by atoms with E-state index in [0.717, 1.165) is 12.0 Å². The third-order valence-electron chi connectivity index (χ3n) is 3.85. The van der Waals surface area contributed by atoms with E-state index in [1.165, 1.54) is 24.3 Å². The molecule has 0 aliphatic rings. The van der Waals surface area contributed by atoms with Gasteiger partial charge in [-0.2, -0.15) is 0 Å². The van der Waals surface area contributed by atoms with Crippen molar-refractivity contribution in [3.8, 4) is 5.75 Å². The number of carbonyl (C=O) groups is 1. The molecule has 0 bridgehead atoms. The topological polar surface area (TPSA) is 92.7 Å². The van der Waals surface area contributed by atoms with Gasteiger partial charge in [0.1, 0.15) is 5.75 Å². The summed E-state index contributed by atoms with van der Waals surface area (Å²) in [4.78, 5) is 10.7. The summed E-state index contributed by atoms with van der Waals surface area (Å²) in [6.07, 6.45) is 0.735. The number of sulfonamides is 1. The molecule has 2 aromatic carbocycles. The highest BCUT2D eigenvalue weighted by atomic mass is 35.5. The average molecular weight is 398 g/mol. The monoisotopic (exact) mass is 397 g/mol. The van der Waals surface area contributed by atoms with Crippen LogP contribution in [-0.4, -0.2) is 32.6 Å². The van der Waals surface area contributed by atoms with Crippen LogP contribution in [0.3, 0.4) is 0 Å². The van der Waals surface area contributed by atoms with Crippen LogP contribution in [0, 0.1) is 0 Å². The maximum Gasteiger partial charge on any atom is 0.341 e. The SMILES string of the molecule is CCC(CNS(=O)(=O)c1ccc(Cl)cc1)c1ccc(OCC(=O)O)cc1. The number of benzene rings is 2. The quantitative estimate of drug-likeness (QED) is 0.677. The average Bonchev–Trinajstić information content (AvgIpc) is 2.61. The van der Waals surface area contributed by atoms with Crippen LogP contribution >= 0.6 is 11.6 Å². The van der Waals surface area contributed by atoms with Crippen LogP contribution in [0.2, 0.25) is 5.02 Å². The van der Waals surface area contributed by atoms with Gasteiger partial charge in [0.2, 0.25) is 10.0 Å². The number of ether oxygens (including phenoxy) is 1. The Balaban J connectivity index is 2.02. The van der Waals surface area contributed by atoms with E-state index >= 15 is 0 Å². The molecule has 1 atom stereocenters. The van der Waals surface area contributed by atoms with Gasteiger partial charge in [0.05, 0.1) is 4.90 Å². The minimum absolute atomic E-state index is 0.0226. The van der Waals surface area contributed by atoms with E-state index in [1.54, 1.807) is 12.1 Å². The van der Waals surface area contributed by atoms with Crippen LogP contribution in [0.15, 0.2) is 53.4 Å². The molecule has 2 N–H and O–H groups in total. The molecular formula is C18H20ClNO5S. The van der Waals surface area contributed by atoms with E-state index < -0.39 is 22.6 Å². The van der Waals surface area contributed by atoms with Gasteiger partial charge in [0.25, 0.3) is 0 Å². The molecule has 0 saturated carbocycles. The lowest BCUT2D eigenvalue weighted by atomic mass is 9.97. The van der Waals surface area contributed by atoms with Gasteiger partial charge in [-0.1, -0.05) is 30.7 Å². The summed E-state index contributed by atoms with van der Waals surface area (Å²) in [5.41, 5.74) is 0.939. The Morgan fingerprint density at radius 1 is 1.15 bits per heavy atom. The molecule has 0 radical (unpaired) electrons. The van der Waals surface area contributed by atoms with Gasteiger partial charge >= 0.3 is 5.97 Å². The molecule has 0 aliphatic carbocycles. The maximum absolute atomic E-state index is 12.4. The van der Waals surface area contributed by atoms with E-state index in [1.807, 2.05) is 19.1 Å². The molecule has 8 heteroatoms. The fourth-order valence-corrected chi connectivity index (χ4v) is 3.59. The first kappa shape index (κ1) is 20.2. The number of carboxylic acids is 1. The predicted octanol–water partition coefficient (Wildman–Crippen LogP) is 3.28. The number of nitrogens with one attached hydrogen (secondary N) is 1. The van der Waals surface area contributed by atoms with Crippen molar-refractivity contribution in [2.45, 2.75) is 24.2 Å². The van der Waals surface area contributed by atoms with Gasteiger partial charge in [-0.25, -0.2) is 17.9 Å². The lowest BCUT2D eigenvalue weighted by molar-refractivity contribution is -0.139. The minimum Gasteiger partial charge on any atom is -0.482 e. The maximum atomic E-state index is 12.4. The molecule has 0 fully saturated rings. The Hall–Kier alpha value is -2.09. The molecule has 0 heterocycles. The third kappa shape index (κ3) is 5.72. The first-order valence-corrected chi connectivity index (χ1v) is 9.87. The molecule has 140 valence electrons. The first-order valence-electron chi connectivity index (χ1n) is 8.01. The first-order chi connectivity index (χ1) is 12.3. The Morgan fingerprint density at radius 3 is 2.31 bits per heavy atom. The number of aliphatic carboxylic acids is 1. The summed E-state index contributed by atoms with van der Waals surface area (Å²) < 4.78 is 32.5. The summed E-state index contributed by atoms with van der Waals surface area (Å²) in [7, 11) is -3.62. The fourth-order valence-electron chi connectivity index (χ4n) is 2.39. The van der Waals surface area contributed by atoms with Crippen molar-refractivity contribution < 1.29 is 23.1 Å². The van der Waals surface area contributed by atoms with Gasteiger partial charge < -0.3 is 9.84 Å². The zero-order valence-electron chi connectivity index (χ0n) is 14.2. The zero-order valence-corrected chi connectivity index (χ0v) is 15.8. The third-order valence-corrected chi connectivity index (χ3v) is 5.54. The fraction of sp³-hybridized carbons (Fsp3) is 0.278. The molecular weight excluding hydrogens is 378 g/mol. The minimum atomic E-state index is -3.62. The summed E-state index contributed by atoms with van der Waals surface area (Å²) >= 11 is 5.79. The van der Waals surface area contributed by atoms with E-state index in [2.05, 4.69) is 4.72 Å². The number of rotatable bonds is 9. The van der Waals surface area contributed by atoms with Crippen molar-refractivity contribution in [2.24, 2.45) is 0 Å². The lowest BCUT2D eigenvalue weighted by Crippen LogP contribution is -2.28. The highest BCUT2D eigenvalue weighted by Gasteiger charge is 2.17. The van der Waals surface area contributed by atoms with Crippen LogP contribution in [-0.2, 0) is 14.8 Å². The zero-order chi connectivity index (χ0) is 19.2. The van der Waals surface area contributed by atoms with Gasteiger partial charge in [-0.05, 0) is 54.3 Å². The van der Waals surface area contributed by atoms with Crippen LogP contribution in [0.5, 0.6) is 5.75 Å². The predicted molar refractivity (Wildman–Crippen MR) is 99.2 cm³/mol. The van der Waals surface area contributed by atoms with Gasteiger partial charge in [-0.15, -0.1) is 0 Å². The molecule has 2 aromatic rings. The number of halogens is 1. The van der Waals surface area contributed by atoms with Crippen LogP contribution in [0.25, 0.3) is 0 Å². The van der Waals surface area contributed by atoms with E-state index in [9.17, 15) is 13.2 Å². The second kappa shape index (κ2) is 9.02. The van der Waals surface area contributed by atoms with Crippen LogP contribution < -0.4 is 9.46 Å². The van der Waals surface area contributed by atoms with Gasteiger partial charge in [0, 0.05) is 11.6 Å². The number of carboxylic acid groups (broad SMARTS) is 1. The van der Waals surface area contributed by atoms with E-state index in [0.29, 0.717) is 10.8 Å². The molecule has 2 rings (SSSR count). The van der Waals surface area contributed by atoms with E-state index in [-0.39, 0.29) is 17.4 Å². The van der Waals surface area contributed by atoms with Crippen LogP contribution in [0.1, 0.15) is 24.8 Å². The van der Waals surface area contributed by atoms with Gasteiger partial charge in [0.15, 0.2) is 6.61 Å². The summed E-state index contributed by atoms with van der Waals surface area (Å²) in [6, 6.07) is 12.9. The second-order valence-electron chi connectivity index (χ2n) is 5.66.